The van der Waals surface area contributed by atoms with Gasteiger partial charge in [0.1, 0.15) is 0 Å². The maximum Gasteiger partial charge on any atom is 0.214 e. The number of aliphatic hydroxyl groups is 2. The van der Waals surface area contributed by atoms with Gasteiger partial charge in [0.15, 0.2) is 0 Å². The molecule has 0 aromatic heterocycles. The summed E-state index contributed by atoms with van der Waals surface area (Å²) < 4.78 is 30.5. The summed E-state index contributed by atoms with van der Waals surface area (Å²) in [7, 11) is -3.55. The summed E-state index contributed by atoms with van der Waals surface area (Å²) >= 11 is 0. The van der Waals surface area contributed by atoms with Gasteiger partial charge in [0.25, 0.3) is 0 Å². The third kappa shape index (κ3) is 3.99. The highest BCUT2D eigenvalue weighted by Gasteiger charge is 2.38. The molecule has 0 bridgehead atoms. The van der Waals surface area contributed by atoms with E-state index in [2.05, 4.69) is 4.72 Å². The normalized spacial score (nSPS) is 30.1. The maximum atomic E-state index is 11.4. The minimum absolute atomic E-state index is 0.00630. The fourth-order valence-corrected chi connectivity index (χ4v) is 3.36. The van der Waals surface area contributed by atoms with Crippen molar-refractivity contribution in [2.45, 2.75) is 24.9 Å². The van der Waals surface area contributed by atoms with Crippen LogP contribution >= 0.6 is 0 Å². The molecule has 2 rings (SSSR count). The van der Waals surface area contributed by atoms with E-state index in [-0.39, 0.29) is 6.61 Å². The summed E-state index contributed by atoms with van der Waals surface area (Å²) in [5.74, 6) is -0.483. The number of hydrogen-bond acceptors (Lipinski definition) is 5. The van der Waals surface area contributed by atoms with Crippen LogP contribution in [0.4, 0.5) is 0 Å². The fraction of sp³-hybridized carbons (Fsp3) is 0.500. The van der Waals surface area contributed by atoms with Gasteiger partial charge in [0.2, 0.25) is 10.0 Å². The van der Waals surface area contributed by atoms with Crippen molar-refractivity contribution in [1.29, 1.82) is 0 Å². The lowest BCUT2D eigenvalue weighted by atomic mass is 10.1. The highest BCUT2D eigenvalue weighted by atomic mass is 32.2. The smallest absolute Gasteiger partial charge is 0.214 e. The predicted molar refractivity (Wildman–Crippen MR) is 68.8 cm³/mol. The molecule has 1 fully saturated rings. The number of aliphatic hydroxyl groups excluding tert-OH is 2. The molecule has 1 saturated heterocycles. The molecule has 0 aliphatic carbocycles. The number of rotatable bonds is 4. The van der Waals surface area contributed by atoms with Gasteiger partial charge in [-0.1, -0.05) is 30.3 Å². The van der Waals surface area contributed by atoms with E-state index in [4.69, 9.17) is 4.74 Å². The highest BCUT2D eigenvalue weighted by molar-refractivity contribution is 7.89. The SMILES string of the molecule is O=S1(=O)C[C@@H](O)[C@@H](O)[C@H](COCc2ccccc2)N1. The van der Waals surface area contributed by atoms with E-state index in [0.29, 0.717) is 6.61 Å². The van der Waals surface area contributed by atoms with E-state index in [1.807, 2.05) is 30.3 Å². The predicted octanol–water partition coefficient (Wildman–Crippen LogP) is -0.773. The standard InChI is InChI=1S/C12H17NO5S/c14-11-8-19(16,17)13-10(12(11)15)7-18-6-9-4-2-1-3-5-9/h1-5,10-15H,6-8H2/t10-,11+,12-/m0/s1. The second-order valence-corrected chi connectivity index (χ2v) is 6.36. The maximum absolute atomic E-state index is 11.4. The minimum atomic E-state index is -3.55. The van der Waals surface area contributed by atoms with Crippen molar-refractivity contribution in [2.75, 3.05) is 12.4 Å². The third-order valence-corrected chi connectivity index (χ3v) is 4.38. The Morgan fingerprint density at radius 1 is 1.26 bits per heavy atom. The Balaban J connectivity index is 1.88. The van der Waals surface area contributed by atoms with Gasteiger partial charge in [0, 0.05) is 0 Å². The number of nitrogens with one attached hydrogen (secondary N) is 1. The molecule has 3 N–H and O–H groups in total. The van der Waals surface area contributed by atoms with E-state index in [1.54, 1.807) is 0 Å². The molecule has 6 nitrogen and oxygen atoms in total. The number of benzene rings is 1. The number of ether oxygens (including phenoxy) is 1. The lowest BCUT2D eigenvalue weighted by Crippen LogP contribution is -2.59. The van der Waals surface area contributed by atoms with E-state index in [0.717, 1.165) is 5.56 Å². The Hall–Kier alpha value is -0.990. The van der Waals surface area contributed by atoms with Gasteiger partial charge >= 0.3 is 0 Å². The van der Waals surface area contributed by atoms with Gasteiger partial charge < -0.3 is 14.9 Å². The van der Waals surface area contributed by atoms with Crippen molar-refractivity contribution in [2.24, 2.45) is 0 Å². The monoisotopic (exact) mass is 287 g/mol. The Kier molecular flexibility index (Phi) is 4.54. The first kappa shape index (κ1) is 14.4. The average Bonchev–Trinajstić information content (AvgIpc) is 2.36. The molecule has 0 amide bonds. The van der Waals surface area contributed by atoms with Gasteiger partial charge in [-0.15, -0.1) is 0 Å². The number of hydrogen-bond donors (Lipinski definition) is 3. The third-order valence-electron chi connectivity index (χ3n) is 2.94. The molecular weight excluding hydrogens is 270 g/mol. The lowest BCUT2D eigenvalue weighted by Gasteiger charge is -2.32. The largest absolute Gasteiger partial charge is 0.389 e. The van der Waals surface area contributed by atoms with Crippen LogP contribution < -0.4 is 4.72 Å². The highest BCUT2D eigenvalue weighted by Crippen LogP contribution is 2.12. The molecule has 0 unspecified atom stereocenters. The molecule has 7 heteroatoms. The van der Waals surface area contributed by atoms with Crippen LogP contribution in [0.15, 0.2) is 30.3 Å². The fourth-order valence-electron chi connectivity index (χ4n) is 1.95. The van der Waals surface area contributed by atoms with Gasteiger partial charge in [-0.3, -0.25) is 0 Å². The Morgan fingerprint density at radius 2 is 1.95 bits per heavy atom. The first-order chi connectivity index (χ1) is 8.98. The molecular formula is C12H17NO5S. The van der Waals surface area contributed by atoms with Crippen molar-refractivity contribution >= 4 is 10.0 Å². The molecule has 0 radical (unpaired) electrons. The van der Waals surface area contributed by atoms with Gasteiger partial charge in [-0.2, -0.15) is 0 Å². The van der Waals surface area contributed by atoms with E-state index < -0.39 is 34.0 Å². The average molecular weight is 287 g/mol. The molecule has 3 atom stereocenters. The molecule has 1 aromatic carbocycles. The number of sulfonamides is 1. The summed E-state index contributed by atoms with van der Waals surface area (Å²) in [6.07, 6.45) is -2.43. The topological polar surface area (TPSA) is 95.9 Å². The molecule has 0 spiro atoms. The van der Waals surface area contributed by atoms with Gasteiger partial charge in [0.05, 0.1) is 37.2 Å². The Labute approximate surface area is 112 Å². The van der Waals surface area contributed by atoms with Crippen LogP contribution in [0.25, 0.3) is 0 Å². The van der Waals surface area contributed by atoms with Crippen LogP contribution in [-0.4, -0.2) is 49.2 Å². The van der Waals surface area contributed by atoms with Crippen molar-refractivity contribution in [1.82, 2.24) is 4.72 Å². The lowest BCUT2D eigenvalue weighted by molar-refractivity contribution is -0.0211. The van der Waals surface area contributed by atoms with E-state index in [1.165, 1.54) is 0 Å². The quantitative estimate of drug-likeness (QED) is 0.675. The van der Waals surface area contributed by atoms with Crippen LogP contribution in [0.2, 0.25) is 0 Å². The molecule has 106 valence electrons. The van der Waals surface area contributed by atoms with Crippen molar-refractivity contribution in [3.8, 4) is 0 Å². The Bertz CT molecular complexity index is 504. The van der Waals surface area contributed by atoms with Crippen molar-refractivity contribution < 1.29 is 23.4 Å². The minimum Gasteiger partial charge on any atom is -0.389 e. The zero-order valence-corrected chi connectivity index (χ0v) is 11.1. The summed E-state index contributed by atoms with van der Waals surface area (Å²) in [5, 5.41) is 19.2. The summed E-state index contributed by atoms with van der Waals surface area (Å²) in [6, 6.07) is 8.59. The van der Waals surface area contributed by atoms with Gasteiger partial charge in [-0.25, -0.2) is 13.1 Å². The molecule has 1 aliphatic rings. The summed E-state index contributed by atoms with van der Waals surface area (Å²) in [4.78, 5) is 0. The summed E-state index contributed by atoms with van der Waals surface area (Å²) in [5.41, 5.74) is 0.955. The Morgan fingerprint density at radius 3 is 2.63 bits per heavy atom. The van der Waals surface area contributed by atoms with Crippen LogP contribution in [0.1, 0.15) is 5.56 Å². The van der Waals surface area contributed by atoms with Crippen molar-refractivity contribution in [3.05, 3.63) is 35.9 Å². The molecule has 19 heavy (non-hydrogen) atoms. The van der Waals surface area contributed by atoms with Gasteiger partial charge in [-0.05, 0) is 5.56 Å². The molecule has 1 aromatic rings. The van der Waals surface area contributed by atoms with Crippen molar-refractivity contribution in [3.63, 3.8) is 0 Å². The van der Waals surface area contributed by atoms with E-state index in [9.17, 15) is 18.6 Å². The zero-order valence-electron chi connectivity index (χ0n) is 10.3. The second kappa shape index (κ2) is 5.98. The van der Waals surface area contributed by atoms with Crippen LogP contribution in [-0.2, 0) is 21.4 Å². The zero-order chi connectivity index (χ0) is 13.9. The van der Waals surface area contributed by atoms with Crippen LogP contribution in [0.5, 0.6) is 0 Å². The second-order valence-electron chi connectivity index (χ2n) is 4.56. The molecule has 0 saturated carbocycles. The molecule has 1 heterocycles. The van der Waals surface area contributed by atoms with E-state index >= 15 is 0 Å². The first-order valence-corrected chi connectivity index (χ1v) is 7.61. The first-order valence-electron chi connectivity index (χ1n) is 5.96. The van der Waals surface area contributed by atoms with Crippen LogP contribution in [0, 0.1) is 0 Å². The molecule has 1 aliphatic heterocycles. The summed E-state index contributed by atoms with van der Waals surface area (Å²) in [6.45, 7) is 0.328. The van der Waals surface area contributed by atoms with Crippen LogP contribution in [0.3, 0.4) is 0 Å².